The molecule has 3 nitrogen and oxygen atoms in total. The SMILES string of the molecule is CC1CC(C)N(C(C)CC2COCCN2)C1. The van der Waals surface area contributed by atoms with E-state index in [-0.39, 0.29) is 0 Å². The molecule has 1 N–H and O–H groups in total. The van der Waals surface area contributed by atoms with Crippen LogP contribution in [0.2, 0.25) is 0 Å². The second-order valence-corrected chi connectivity index (χ2v) is 5.70. The van der Waals surface area contributed by atoms with Crippen molar-refractivity contribution in [1.82, 2.24) is 10.2 Å². The van der Waals surface area contributed by atoms with Crippen molar-refractivity contribution in [3.63, 3.8) is 0 Å². The molecule has 94 valence electrons. The zero-order chi connectivity index (χ0) is 11.5. The van der Waals surface area contributed by atoms with Gasteiger partial charge in [0.15, 0.2) is 0 Å². The van der Waals surface area contributed by atoms with Crippen molar-refractivity contribution in [2.24, 2.45) is 5.92 Å². The molecule has 0 aromatic heterocycles. The van der Waals surface area contributed by atoms with Gasteiger partial charge >= 0.3 is 0 Å². The average molecular weight is 226 g/mol. The van der Waals surface area contributed by atoms with Crippen LogP contribution in [-0.2, 0) is 4.74 Å². The lowest BCUT2D eigenvalue weighted by Crippen LogP contribution is -2.46. The van der Waals surface area contributed by atoms with Crippen LogP contribution in [-0.4, -0.2) is 49.3 Å². The maximum Gasteiger partial charge on any atom is 0.0620 e. The number of hydrogen-bond donors (Lipinski definition) is 1. The summed E-state index contributed by atoms with van der Waals surface area (Å²) in [4.78, 5) is 2.67. The van der Waals surface area contributed by atoms with Crippen LogP contribution in [0.4, 0.5) is 0 Å². The molecule has 3 heteroatoms. The van der Waals surface area contributed by atoms with Crippen molar-refractivity contribution in [3.05, 3.63) is 0 Å². The number of morpholine rings is 1. The van der Waals surface area contributed by atoms with Gasteiger partial charge in [0.25, 0.3) is 0 Å². The lowest BCUT2D eigenvalue weighted by molar-refractivity contribution is 0.0608. The lowest BCUT2D eigenvalue weighted by atomic mass is 10.1. The van der Waals surface area contributed by atoms with Crippen molar-refractivity contribution >= 4 is 0 Å². The average Bonchev–Trinajstić information content (AvgIpc) is 2.59. The molecule has 0 saturated carbocycles. The molecule has 2 heterocycles. The number of hydrogen-bond acceptors (Lipinski definition) is 3. The van der Waals surface area contributed by atoms with Crippen molar-refractivity contribution in [2.45, 2.75) is 51.7 Å². The molecule has 0 radical (unpaired) electrons. The Balaban J connectivity index is 1.80. The summed E-state index contributed by atoms with van der Waals surface area (Å²) in [6.45, 7) is 11.2. The molecular formula is C13H26N2O. The Bertz CT molecular complexity index is 216. The van der Waals surface area contributed by atoms with E-state index in [1.165, 1.54) is 19.4 Å². The Morgan fingerprint density at radius 1 is 1.44 bits per heavy atom. The fourth-order valence-corrected chi connectivity index (χ4v) is 3.26. The predicted octanol–water partition coefficient (Wildman–Crippen LogP) is 1.48. The van der Waals surface area contributed by atoms with Gasteiger partial charge in [-0.2, -0.15) is 0 Å². The minimum absolute atomic E-state index is 0.562. The minimum Gasteiger partial charge on any atom is -0.379 e. The van der Waals surface area contributed by atoms with Crippen LogP contribution in [0.25, 0.3) is 0 Å². The van der Waals surface area contributed by atoms with Crippen molar-refractivity contribution in [2.75, 3.05) is 26.3 Å². The molecule has 16 heavy (non-hydrogen) atoms. The van der Waals surface area contributed by atoms with E-state index >= 15 is 0 Å². The Kier molecular flexibility index (Phi) is 4.22. The highest BCUT2D eigenvalue weighted by Gasteiger charge is 2.30. The van der Waals surface area contributed by atoms with Crippen LogP contribution in [0.3, 0.4) is 0 Å². The Hall–Kier alpha value is -0.120. The molecule has 0 aromatic rings. The van der Waals surface area contributed by atoms with E-state index < -0.39 is 0 Å². The summed E-state index contributed by atoms with van der Waals surface area (Å²) in [5, 5.41) is 3.55. The third-order valence-electron chi connectivity index (χ3n) is 4.02. The summed E-state index contributed by atoms with van der Waals surface area (Å²) in [6, 6.07) is 2.00. The molecule has 4 atom stereocenters. The molecule has 2 aliphatic heterocycles. The Labute approximate surface area is 99.5 Å². The summed E-state index contributed by atoms with van der Waals surface area (Å²) >= 11 is 0. The standard InChI is InChI=1S/C13H26N2O/c1-10-6-11(2)15(8-10)12(3)7-13-9-16-5-4-14-13/h10-14H,4-9H2,1-3H3. The predicted molar refractivity (Wildman–Crippen MR) is 66.6 cm³/mol. The highest BCUT2D eigenvalue weighted by Crippen LogP contribution is 2.26. The molecule has 0 bridgehead atoms. The zero-order valence-electron chi connectivity index (χ0n) is 10.9. The molecule has 0 aromatic carbocycles. The summed E-state index contributed by atoms with van der Waals surface area (Å²) < 4.78 is 5.51. The van der Waals surface area contributed by atoms with E-state index in [4.69, 9.17) is 4.74 Å². The quantitative estimate of drug-likeness (QED) is 0.789. The second kappa shape index (κ2) is 5.48. The third-order valence-corrected chi connectivity index (χ3v) is 4.02. The van der Waals surface area contributed by atoms with Gasteiger partial charge in [0, 0.05) is 31.2 Å². The van der Waals surface area contributed by atoms with Gasteiger partial charge in [-0.3, -0.25) is 4.90 Å². The normalized spacial score (nSPS) is 38.8. The van der Waals surface area contributed by atoms with Crippen LogP contribution < -0.4 is 5.32 Å². The van der Waals surface area contributed by atoms with Gasteiger partial charge in [0.05, 0.1) is 13.2 Å². The highest BCUT2D eigenvalue weighted by molar-refractivity contribution is 4.86. The first-order valence-corrected chi connectivity index (χ1v) is 6.73. The molecule has 4 unspecified atom stereocenters. The molecule has 2 saturated heterocycles. The molecule has 2 fully saturated rings. The Morgan fingerprint density at radius 3 is 2.81 bits per heavy atom. The Morgan fingerprint density at radius 2 is 2.25 bits per heavy atom. The third kappa shape index (κ3) is 2.96. The van der Waals surface area contributed by atoms with Crippen LogP contribution >= 0.6 is 0 Å². The van der Waals surface area contributed by atoms with Crippen LogP contribution in [0.5, 0.6) is 0 Å². The van der Waals surface area contributed by atoms with Gasteiger partial charge in [-0.1, -0.05) is 6.92 Å². The van der Waals surface area contributed by atoms with Gasteiger partial charge in [0.2, 0.25) is 0 Å². The minimum atomic E-state index is 0.562. The maximum atomic E-state index is 5.51. The fourth-order valence-electron chi connectivity index (χ4n) is 3.26. The molecule has 2 rings (SSSR count). The second-order valence-electron chi connectivity index (χ2n) is 5.70. The van der Waals surface area contributed by atoms with Gasteiger partial charge in [-0.05, 0) is 32.6 Å². The van der Waals surface area contributed by atoms with E-state index in [1.54, 1.807) is 0 Å². The summed E-state index contributed by atoms with van der Waals surface area (Å²) in [6.07, 6.45) is 2.58. The van der Waals surface area contributed by atoms with Crippen LogP contribution in [0, 0.1) is 5.92 Å². The van der Waals surface area contributed by atoms with Crippen molar-refractivity contribution < 1.29 is 4.74 Å². The van der Waals surface area contributed by atoms with E-state index in [0.717, 1.165) is 31.7 Å². The topological polar surface area (TPSA) is 24.5 Å². The number of nitrogens with one attached hydrogen (secondary N) is 1. The van der Waals surface area contributed by atoms with E-state index in [2.05, 4.69) is 31.0 Å². The summed E-state index contributed by atoms with van der Waals surface area (Å²) in [5.74, 6) is 0.869. The number of nitrogens with zero attached hydrogens (tertiary/aromatic N) is 1. The number of ether oxygens (including phenoxy) is 1. The molecule has 0 amide bonds. The van der Waals surface area contributed by atoms with Crippen LogP contribution in [0.1, 0.15) is 33.6 Å². The molecular weight excluding hydrogens is 200 g/mol. The van der Waals surface area contributed by atoms with E-state index in [1.807, 2.05) is 0 Å². The summed E-state index contributed by atoms with van der Waals surface area (Å²) in [7, 11) is 0. The lowest BCUT2D eigenvalue weighted by Gasteiger charge is -2.33. The number of rotatable bonds is 3. The van der Waals surface area contributed by atoms with E-state index in [0.29, 0.717) is 12.1 Å². The first-order valence-electron chi connectivity index (χ1n) is 6.73. The van der Waals surface area contributed by atoms with Gasteiger partial charge in [-0.25, -0.2) is 0 Å². The number of likely N-dealkylation sites (tertiary alicyclic amines) is 1. The van der Waals surface area contributed by atoms with Crippen molar-refractivity contribution in [3.8, 4) is 0 Å². The largest absolute Gasteiger partial charge is 0.379 e. The van der Waals surface area contributed by atoms with Gasteiger partial charge in [0.1, 0.15) is 0 Å². The zero-order valence-corrected chi connectivity index (χ0v) is 10.9. The summed E-state index contributed by atoms with van der Waals surface area (Å²) in [5.41, 5.74) is 0. The van der Waals surface area contributed by atoms with Crippen molar-refractivity contribution in [1.29, 1.82) is 0 Å². The monoisotopic (exact) mass is 226 g/mol. The molecule has 0 aliphatic carbocycles. The maximum absolute atomic E-state index is 5.51. The molecule has 0 spiro atoms. The fraction of sp³-hybridized carbons (Fsp3) is 1.00. The first-order chi connectivity index (χ1) is 7.66. The smallest absolute Gasteiger partial charge is 0.0620 e. The molecule has 2 aliphatic rings. The van der Waals surface area contributed by atoms with Gasteiger partial charge < -0.3 is 10.1 Å². The highest BCUT2D eigenvalue weighted by atomic mass is 16.5. The first kappa shape index (κ1) is 12.3. The van der Waals surface area contributed by atoms with Crippen LogP contribution in [0.15, 0.2) is 0 Å². The van der Waals surface area contributed by atoms with Gasteiger partial charge in [-0.15, -0.1) is 0 Å². The van der Waals surface area contributed by atoms with E-state index in [9.17, 15) is 0 Å².